The lowest BCUT2D eigenvalue weighted by molar-refractivity contribution is -0.317. The SMILES string of the molecule is COc1ccc(C(=O)O[C@H](C(=O)O)[C@@H](OC(=O)c2ccc(OC)cc2)C(=O)[O-])cc1. The van der Waals surface area contributed by atoms with Gasteiger partial charge in [-0.05, 0) is 48.5 Å². The zero-order chi connectivity index (χ0) is 22.3. The van der Waals surface area contributed by atoms with Crippen molar-refractivity contribution in [1.29, 1.82) is 0 Å². The Kier molecular flexibility index (Phi) is 7.34. The number of hydrogen-bond donors (Lipinski definition) is 1. The van der Waals surface area contributed by atoms with E-state index in [0.29, 0.717) is 11.5 Å². The quantitative estimate of drug-likeness (QED) is 0.564. The minimum atomic E-state index is -2.39. The number of rotatable bonds is 9. The van der Waals surface area contributed by atoms with Gasteiger partial charge in [0.15, 0.2) is 6.10 Å². The van der Waals surface area contributed by atoms with Gasteiger partial charge >= 0.3 is 17.9 Å². The zero-order valence-corrected chi connectivity index (χ0v) is 15.9. The molecule has 0 aliphatic carbocycles. The Labute approximate surface area is 170 Å². The van der Waals surface area contributed by atoms with E-state index < -0.39 is 36.1 Å². The number of carbonyl (C=O) groups excluding carboxylic acids is 3. The number of carboxylic acids is 2. The first-order valence-electron chi connectivity index (χ1n) is 8.40. The molecular formula is C20H17O10-. The largest absolute Gasteiger partial charge is 0.546 e. The summed E-state index contributed by atoms with van der Waals surface area (Å²) >= 11 is 0. The summed E-state index contributed by atoms with van der Waals surface area (Å²) in [4.78, 5) is 47.4. The highest BCUT2D eigenvalue weighted by atomic mass is 16.6. The molecule has 2 aromatic carbocycles. The normalized spacial score (nSPS) is 12.2. The topological polar surface area (TPSA) is 148 Å². The van der Waals surface area contributed by atoms with Crippen molar-refractivity contribution in [2.24, 2.45) is 0 Å². The van der Waals surface area contributed by atoms with E-state index in [1.807, 2.05) is 0 Å². The van der Waals surface area contributed by atoms with Crippen molar-refractivity contribution in [2.45, 2.75) is 12.2 Å². The Hall–Kier alpha value is -4.08. The molecular weight excluding hydrogens is 400 g/mol. The number of hydrogen-bond acceptors (Lipinski definition) is 9. The summed E-state index contributed by atoms with van der Waals surface area (Å²) in [6.07, 6.45) is -4.73. The monoisotopic (exact) mass is 417 g/mol. The number of ether oxygens (including phenoxy) is 4. The smallest absolute Gasteiger partial charge is 0.349 e. The molecule has 1 N–H and O–H groups in total. The van der Waals surface area contributed by atoms with Gasteiger partial charge in [-0.3, -0.25) is 0 Å². The summed E-state index contributed by atoms with van der Waals surface area (Å²) in [6, 6.07) is 10.8. The summed E-state index contributed by atoms with van der Waals surface area (Å²) in [5, 5.41) is 20.8. The second kappa shape index (κ2) is 9.92. The van der Waals surface area contributed by atoms with Gasteiger partial charge in [-0.2, -0.15) is 0 Å². The molecule has 0 radical (unpaired) electrons. The van der Waals surface area contributed by atoms with Crippen LogP contribution in [0.1, 0.15) is 20.7 Å². The van der Waals surface area contributed by atoms with E-state index in [0.717, 1.165) is 0 Å². The molecule has 0 aromatic heterocycles. The Balaban J connectivity index is 2.19. The van der Waals surface area contributed by atoms with Gasteiger partial charge in [0.2, 0.25) is 6.10 Å². The maximum Gasteiger partial charge on any atom is 0.349 e. The van der Waals surface area contributed by atoms with Gasteiger partial charge in [-0.1, -0.05) is 0 Å². The maximum absolute atomic E-state index is 12.2. The number of carboxylic acid groups (broad SMARTS) is 2. The molecule has 2 aromatic rings. The van der Waals surface area contributed by atoms with Crippen LogP contribution in [0.5, 0.6) is 11.5 Å². The predicted molar refractivity (Wildman–Crippen MR) is 97.0 cm³/mol. The third kappa shape index (κ3) is 5.47. The Bertz CT molecular complexity index is 840. The molecule has 0 heterocycles. The fourth-order valence-corrected chi connectivity index (χ4v) is 2.30. The number of benzene rings is 2. The molecule has 2 atom stereocenters. The number of methoxy groups -OCH3 is 2. The van der Waals surface area contributed by atoms with E-state index in [-0.39, 0.29) is 11.1 Å². The summed E-state index contributed by atoms with van der Waals surface area (Å²) in [6.45, 7) is 0. The van der Waals surface area contributed by atoms with Crippen LogP contribution in [0.25, 0.3) is 0 Å². The van der Waals surface area contributed by atoms with E-state index in [2.05, 4.69) is 0 Å². The molecule has 2 rings (SSSR count). The first-order chi connectivity index (χ1) is 14.3. The second-order valence-corrected chi connectivity index (χ2v) is 5.77. The first kappa shape index (κ1) is 22.2. The lowest BCUT2D eigenvalue weighted by atomic mass is 10.1. The van der Waals surface area contributed by atoms with E-state index in [1.165, 1.54) is 62.8 Å². The zero-order valence-electron chi connectivity index (χ0n) is 15.9. The molecule has 158 valence electrons. The second-order valence-electron chi connectivity index (χ2n) is 5.77. The third-order valence-corrected chi connectivity index (χ3v) is 3.87. The number of aliphatic carboxylic acids is 2. The minimum Gasteiger partial charge on any atom is -0.546 e. The molecule has 0 fully saturated rings. The predicted octanol–water partition coefficient (Wildman–Crippen LogP) is 0.289. The molecule has 30 heavy (non-hydrogen) atoms. The fourth-order valence-electron chi connectivity index (χ4n) is 2.30. The Morgan fingerprint density at radius 2 is 1.10 bits per heavy atom. The lowest BCUT2D eigenvalue weighted by Crippen LogP contribution is -2.51. The van der Waals surface area contributed by atoms with Gasteiger partial charge in [0.05, 0.1) is 31.3 Å². The van der Waals surface area contributed by atoms with Crippen LogP contribution < -0.4 is 14.6 Å². The van der Waals surface area contributed by atoms with Gasteiger partial charge in [-0.25, -0.2) is 14.4 Å². The number of esters is 2. The van der Waals surface area contributed by atoms with Crippen molar-refractivity contribution < 1.29 is 48.3 Å². The van der Waals surface area contributed by atoms with E-state index >= 15 is 0 Å². The average Bonchev–Trinajstić information content (AvgIpc) is 2.75. The number of carbonyl (C=O) groups is 4. The van der Waals surface area contributed by atoms with Gasteiger partial charge in [0.1, 0.15) is 11.5 Å². The van der Waals surface area contributed by atoms with Crippen LogP contribution in [0.3, 0.4) is 0 Å². The van der Waals surface area contributed by atoms with Crippen LogP contribution in [0.2, 0.25) is 0 Å². The van der Waals surface area contributed by atoms with Crippen molar-refractivity contribution in [1.82, 2.24) is 0 Å². The highest BCUT2D eigenvalue weighted by Gasteiger charge is 2.36. The van der Waals surface area contributed by atoms with Crippen LogP contribution in [-0.2, 0) is 19.1 Å². The fraction of sp³-hybridized carbons (Fsp3) is 0.200. The summed E-state index contributed by atoms with van der Waals surface area (Å²) in [5.41, 5.74) is -0.145. The van der Waals surface area contributed by atoms with Gasteiger partial charge < -0.3 is 34.0 Å². The van der Waals surface area contributed by atoms with E-state index in [4.69, 9.17) is 18.9 Å². The van der Waals surface area contributed by atoms with Crippen molar-refractivity contribution in [3.8, 4) is 11.5 Å². The first-order valence-corrected chi connectivity index (χ1v) is 8.40. The average molecular weight is 417 g/mol. The maximum atomic E-state index is 12.2. The van der Waals surface area contributed by atoms with E-state index in [9.17, 15) is 29.4 Å². The standard InChI is InChI=1S/C20H18O10/c1-27-13-7-3-11(4-8-13)19(25)29-15(17(21)22)16(18(23)24)30-20(26)12-5-9-14(28-2)10-6-12/h3-10,15-16H,1-2H3,(H,21,22)(H,23,24)/p-1/t15-,16+. The van der Waals surface area contributed by atoms with Crippen LogP contribution in [-0.4, -0.2) is 55.4 Å². The van der Waals surface area contributed by atoms with Gasteiger partial charge in [0.25, 0.3) is 0 Å². The lowest BCUT2D eigenvalue weighted by Gasteiger charge is -2.24. The highest BCUT2D eigenvalue weighted by molar-refractivity contribution is 5.95. The van der Waals surface area contributed by atoms with Gasteiger partial charge in [0, 0.05) is 0 Å². The van der Waals surface area contributed by atoms with Crippen molar-refractivity contribution in [3.05, 3.63) is 59.7 Å². The summed E-state index contributed by atoms with van der Waals surface area (Å²) in [7, 11) is 2.82. The Morgan fingerprint density at radius 1 is 0.733 bits per heavy atom. The minimum absolute atomic E-state index is 0.0689. The van der Waals surface area contributed by atoms with Gasteiger partial charge in [-0.15, -0.1) is 0 Å². The molecule has 10 heteroatoms. The Morgan fingerprint density at radius 3 is 1.40 bits per heavy atom. The highest BCUT2D eigenvalue weighted by Crippen LogP contribution is 2.17. The molecule has 0 unspecified atom stereocenters. The molecule has 0 bridgehead atoms. The molecule has 0 saturated carbocycles. The van der Waals surface area contributed by atoms with Crippen molar-refractivity contribution >= 4 is 23.9 Å². The molecule has 0 aliphatic rings. The van der Waals surface area contributed by atoms with Crippen LogP contribution in [0.15, 0.2) is 48.5 Å². The molecule has 10 nitrogen and oxygen atoms in total. The molecule has 0 saturated heterocycles. The van der Waals surface area contributed by atoms with E-state index in [1.54, 1.807) is 0 Å². The van der Waals surface area contributed by atoms with Crippen LogP contribution in [0, 0.1) is 0 Å². The molecule has 0 amide bonds. The summed E-state index contributed by atoms with van der Waals surface area (Å²) in [5.74, 6) is -5.32. The molecule has 0 aliphatic heterocycles. The van der Waals surface area contributed by atoms with Crippen LogP contribution in [0.4, 0.5) is 0 Å². The molecule has 0 spiro atoms. The summed E-state index contributed by atoms with van der Waals surface area (Å²) < 4.78 is 19.4. The third-order valence-electron chi connectivity index (χ3n) is 3.87. The van der Waals surface area contributed by atoms with Crippen molar-refractivity contribution in [2.75, 3.05) is 14.2 Å². The van der Waals surface area contributed by atoms with Crippen LogP contribution >= 0.6 is 0 Å². The van der Waals surface area contributed by atoms with Crippen molar-refractivity contribution in [3.63, 3.8) is 0 Å².